The number of hydrogen-bond donors (Lipinski definition) is 0. The van der Waals surface area contributed by atoms with Gasteiger partial charge >= 0.3 is 5.97 Å². The fourth-order valence-corrected chi connectivity index (χ4v) is 3.98. The molecule has 0 aromatic carbocycles. The van der Waals surface area contributed by atoms with Gasteiger partial charge in [-0.1, -0.05) is 19.4 Å². The highest BCUT2D eigenvalue weighted by Crippen LogP contribution is 2.26. The fraction of sp³-hybridized carbons (Fsp3) is 0.261. The third-order valence-electron chi connectivity index (χ3n) is 4.88. The summed E-state index contributed by atoms with van der Waals surface area (Å²) in [6, 6.07) is 7.67. The molecule has 0 aliphatic carbocycles. The number of aryl methyl sites for hydroxylation is 1. The SMILES string of the molecule is CCCCc1c(C(=O)OCc2ccncc2)cnn1-c1ncc(C)c(-c2cccs2)n1. The van der Waals surface area contributed by atoms with E-state index < -0.39 is 5.97 Å². The molecule has 4 aromatic heterocycles. The molecule has 158 valence electrons. The van der Waals surface area contributed by atoms with E-state index in [1.807, 2.05) is 36.6 Å². The predicted octanol–water partition coefficient (Wildman–Crippen LogP) is 4.79. The number of carbonyl (C=O) groups is 1. The van der Waals surface area contributed by atoms with E-state index in [-0.39, 0.29) is 6.61 Å². The number of nitrogens with zero attached hydrogens (tertiary/aromatic N) is 5. The smallest absolute Gasteiger partial charge is 0.341 e. The Bertz CT molecular complexity index is 1160. The molecule has 0 aliphatic rings. The number of rotatable bonds is 8. The molecule has 0 spiro atoms. The third-order valence-corrected chi connectivity index (χ3v) is 5.75. The van der Waals surface area contributed by atoms with Crippen molar-refractivity contribution in [2.24, 2.45) is 0 Å². The fourth-order valence-electron chi connectivity index (χ4n) is 3.20. The molecule has 8 heteroatoms. The van der Waals surface area contributed by atoms with E-state index in [1.54, 1.807) is 40.8 Å². The lowest BCUT2D eigenvalue weighted by atomic mass is 10.1. The highest BCUT2D eigenvalue weighted by Gasteiger charge is 2.21. The lowest BCUT2D eigenvalue weighted by molar-refractivity contribution is 0.0471. The van der Waals surface area contributed by atoms with Gasteiger partial charge in [-0.2, -0.15) is 5.10 Å². The first-order chi connectivity index (χ1) is 15.2. The zero-order chi connectivity index (χ0) is 21.6. The van der Waals surface area contributed by atoms with Gasteiger partial charge in [-0.3, -0.25) is 4.98 Å². The van der Waals surface area contributed by atoms with Crippen LogP contribution in [0.25, 0.3) is 16.5 Å². The highest BCUT2D eigenvalue weighted by atomic mass is 32.1. The molecule has 0 saturated heterocycles. The van der Waals surface area contributed by atoms with E-state index >= 15 is 0 Å². The molecule has 4 heterocycles. The Morgan fingerprint density at radius 3 is 2.77 bits per heavy atom. The monoisotopic (exact) mass is 433 g/mol. The van der Waals surface area contributed by atoms with Crippen molar-refractivity contribution in [1.82, 2.24) is 24.7 Å². The van der Waals surface area contributed by atoms with Gasteiger partial charge in [0.1, 0.15) is 12.2 Å². The van der Waals surface area contributed by atoms with Crippen molar-refractivity contribution in [3.63, 3.8) is 0 Å². The number of hydrogen-bond acceptors (Lipinski definition) is 7. The molecule has 0 radical (unpaired) electrons. The Balaban J connectivity index is 1.65. The minimum absolute atomic E-state index is 0.184. The first kappa shape index (κ1) is 20.9. The third kappa shape index (κ3) is 4.69. The zero-order valence-electron chi connectivity index (χ0n) is 17.5. The van der Waals surface area contributed by atoms with Gasteiger partial charge < -0.3 is 4.74 Å². The number of pyridine rings is 1. The molecule has 4 rings (SSSR count). The topological polar surface area (TPSA) is 82.8 Å². The molecule has 0 unspecified atom stereocenters. The van der Waals surface area contributed by atoms with Gasteiger partial charge in [0.05, 0.1) is 22.5 Å². The minimum Gasteiger partial charge on any atom is -0.457 e. The second-order valence-electron chi connectivity index (χ2n) is 7.13. The number of esters is 1. The van der Waals surface area contributed by atoms with Crippen molar-refractivity contribution in [3.05, 3.63) is 76.8 Å². The van der Waals surface area contributed by atoms with Crippen molar-refractivity contribution in [1.29, 1.82) is 0 Å². The van der Waals surface area contributed by atoms with E-state index in [0.29, 0.717) is 17.9 Å². The molecular weight excluding hydrogens is 410 g/mol. The van der Waals surface area contributed by atoms with Crippen LogP contribution in [0.1, 0.15) is 46.9 Å². The summed E-state index contributed by atoms with van der Waals surface area (Å²) in [5.74, 6) is 0.0491. The molecule has 0 fully saturated rings. The zero-order valence-corrected chi connectivity index (χ0v) is 18.3. The summed E-state index contributed by atoms with van der Waals surface area (Å²) in [7, 11) is 0. The average Bonchev–Trinajstić information content (AvgIpc) is 3.47. The summed E-state index contributed by atoms with van der Waals surface area (Å²) in [6.45, 7) is 4.28. The number of unbranched alkanes of at least 4 members (excludes halogenated alkanes) is 1. The van der Waals surface area contributed by atoms with E-state index in [0.717, 1.165) is 40.2 Å². The number of ether oxygens (including phenoxy) is 1. The van der Waals surface area contributed by atoms with Gasteiger partial charge in [0.15, 0.2) is 0 Å². The van der Waals surface area contributed by atoms with Crippen molar-refractivity contribution >= 4 is 17.3 Å². The maximum atomic E-state index is 12.8. The van der Waals surface area contributed by atoms with E-state index in [4.69, 9.17) is 9.72 Å². The van der Waals surface area contributed by atoms with E-state index in [1.165, 1.54) is 0 Å². The highest BCUT2D eigenvalue weighted by molar-refractivity contribution is 7.13. The Morgan fingerprint density at radius 2 is 2.03 bits per heavy atom. The van der Waals surface area contributed by atoms with Crippen LogP contribution in [0.3, 0.4) is 0 Å². The first-order valence-corrected chi connectivity index (χ1v) is 11.1. The van der Waals surface area contributed by atoms with Crippen LogP contribution in [-0.2, 0) is 17.8 Å². The second-order valence-corrected chi connectivity index (χ2v) is 8.08. The molecule has 7 nitrogen and oxygen atoms in total. The van der Waals surface area contributed by atoms with Crippen LogP contribution in [0.15, 0.2) is 54.4 Å². The maximum Gasteiger partial charge on any atom is 0.341 e. The molecule has 0 bridgehead atoms. The van der Waals surface area contributed by atoms with Gasteiger partial charge in [-0.25, -0.2) is 19.4 Å². The quantitative estimate of drug-likeness (QED) is 0.372. The van der Waals surface area contributed by atoms with Crippen LogP contribution in [-0.4, -0.2) is 30.7 Å². The van der Waals surface area contributed by atoms with Crippen LogP contribution in [0.4, 0.5) is 0 Å². The van der Waals surface area contributed by atoms with Crippen molar-refractivity contribution in [3.8, 4) is 16.5 Å². The summed E-state index contributed by atoms with van der Waals surface area (Å²) in [4.78, 5) is 27.1. The largest absolute Gasteiger partial charge is 0.457 e. The Hall–Kier alpha value is -3.39. The summed E-state index contributed by atoms with van der Waals surface area (Å²) in [5, 5.41) is 6.47. The number of thiophene rings is 1. The Labute approximate surface area is 184 Å². The van der Waals surface area contributed by atoms with Crippen LogP contribution >= 0.6 is 11.3 Å². The van der Waals surface area contributed by atoms with Crippen LogP contribution in [0, 0.1) is 6.92 Å². The number of aromatic nitrogens is 5. The van der Waals surface area contributed by atoms with E-state index in [9.17, 15) is 4.79 Å². The predicted molar refractivity (Wildman–Crippen MR) is 119 cm³/mol. The maximum absolute atomic E-state index is 12.8. The van der Waals surface area contributed by atoms with Gasteiger partial charge in [-0.15, -0.1) is 11.3 Å². The molecule has 0 atom stereocenters. The van der Waals surface area contributed by atoms with Crippen LogP contribution in [0.5, 0.6) is 0 Å². The molecule has 0 aliphatic heterocycles. The van der Waals surface area contributed by atoms with Crippen LogP contribution in [0.2, 0.25) is 0 Å². The summed E-state index contributed by atoms with van der Waals surface area (Å²) < 4.78 is 7.19. The van der Waals surface area contributed by atoms with Gasteiger partial charge in [0.25, 0.3) is 5.95 Å². The molecular formula is C23H23N5O2S. The first-order valence-electron chi connectivity index (χ1n) is 10.2. The van der Waals surface area contributed by atoms with Crippen molar-refractivity contribution < 1.29 is 9.53 Å². The lowest BCUT2D eigenvalue weighted by Crippen LogP contribution is -2.12. The van der Waals surface area contributed by atoms with Crippen molar-refractivity contribution in [2.75, 3.05) is 0 Å². The number of carbonyl (C=O) groups excluding carboxylic acids is 1. The molecule has 31 heavy (non-hydrogen) atoms. The van der Waals surface area contributed by atoms with Gasteiger partial charge in [-0.05, 0) is 54.5 Å². The second kappa shape index (κ2) is 9.61. The molecule has 0 amide bonds. The standard InChI is InChI=1S/C23H23N5O2S/c1-3-4-6-19-18(22(29)30-15-17-8-10-24-11-9-17)14-26-28(19)23-25-13-16(2)21(27-23)20-7-5-12-31-20/h5,7-14H,3-4,6,15H2,1-2H3. The summed E-state index contributed by atoms with van der Waals surface area (Å²) in [6.07, 6.45) is 9.28. The minimum atomic E-state index is -0.403. The molecule has 4 aromatic rings. The Morgan fingerprint density at radius 1 is 1.19 bits per heavy atom. The molecule has 0 saturated carbocycles. The summed E-state index contributed by atoms with van der Waals surface area (Å²) >= 11 is 1.63. The van der Waals surface area contributed by atoms with Gasteiger partial charge in [0.2, 0.25) is 0 Å². The Kier molecular flexibility index (Phi) is 6.47. The van der Waals surface area contributed by atoms with Crippen molar-refractivity contribution in [2.45, 2.75) is 39.7 Å². The van der Waals surface area contributed by atoms with Gasteiger partial charge in [0, 0.05) is 18.6 Å². The van der Waals surface area contributed by atoms with E-state index in [2.05, 4.69) is 22.0 Å². The normalized spacial score (nSPS) is 10.9. The molecule has 0 N–H and O–H groups in total. The average molecular weight is 434 g/mol. The van der Waals surface area contributed by atoms with Crippen LogP contribution < -0.4 is 0 Å². The summed E-state index contributed by atoms with van der Waals surface area (Å²) in [5.41, 5.74) is 3.96. The lowest BCUT2D eigenvalue weighted by Gasteiger charge is -2.10.